The fourth-order valence-corrected chi connectivity index (χ4v) is 2.13. The van der Waals surface area contributed by atoms with Gasteiger partial charge in [-0.2, -0.15) is 8.78 Å². The van der Waals surface area contributed by atoms with E-state index in [-0.39, 0.29) is 12.1 Å². The number of carbonyl (C=O) groups excluding carboxylic acids is 1. The number of hydrogen-bond acceptors (Lipinski definition) is 4. The number of nitrogen functional groups attached to an aromatic ring is 2. The van der Waals surface area contributed by atoms with Crippen LogP contribution in [0.5, 0.6) is 5.75 Å². The maximum absolute atomic E-state index is 13.6. The van der Waals surface area contributed by atoms with Crippen molar-refractivity contribution in [2.75, 3.05) is 11.5 Å². The molecule has 0 aliphatic heterocycles. The highest BCUT2D eigenvalue weighted by Gasteiger charge is 2.14. The topological polar surface area (TPSA) is 90.4 Å². The van der Waals surface area contributed by atoms with Crippen molar-refractivity contribution in [2.24, 2.45) is 0 Å². The van der Waals surface area contributed by atoms with Gasteiger partial charge in [-0.05, 0) is 42.3 Å². The van der Waals surface area contributed by atoms with E-state index >= 15 is 0 Å². The number of benzene rings is 2. The summed E-state index contributed by atoms with van der Waals surface area (Å²) >= 11 is 0. The lowest BCUT2D eigenvalue weighted by molar-refractivity contribution is -0.0521. The van der Waals surface area contributed by atoms with Crippen LogP contribution in [0.1, 0.15) is 21.5 Å². The normalized spacial score (nSPS) is 10.7. The lowest BCUT2D eigenvalue weighted by atomic mass is 10.0. The SMILES string of the molecule is Cc1ccc(N)c(N)c1CNC(=O)c1ccc(OC(F)F)c(F)c1. The molecular weight excluding hydrogens is 323 g/mol. The number of anilines is 2. The molecule has 0 aromatic heterocycles. The first-order chi connectivity index (χ1) is 11.3. The monoisotopic (exact) mass is 339 g/mol. The highest BCUT2D eigenvalue weighted by molar-refractivity contribution is 5.94. The molecule has 0 spiro atoms. The zero-order valence-corrected chi connectivity index (χ0v) is 12.8. The molecule has 0 saturated heterocycles. The molecule has 0 aliphatic rings. The molecule has 5 nitrogen and oxygen atoms in total. The Morgan fingerprint density at radius 1 is 1.25 bits per heavy atom. The van der Waals surface area contributed by atoms with E-state index in [0.717, 1.165) is 17.7 Å². The third-order valence-corrected chi connectivity index (χ3v) is 3.46. The van der Waals surface area contributed by atoms with Gasteiger partial charge in [-0.1, -0.05) is 6.07 Å². The smallest absolute Gasteiger partial charge is 0.387 e. The molecule has 1 amide bonds. The molecule has 0 fully saturated rings. The lowest BCUT2D eigenvalue weighted by Crippen LogP contribution is -2.24. The van der Waals surface area contributed by atoms with Gasteiger partial charge in [-0.25, -0.2) is 4.39 Å². The number of nitrogens with two attached hydrogens (primary N) is 2. The predicted molar refractivity (Wildman–Crippen MR) is 84.2 cm³/mol. The third kappa shape index (κ3) is 3.89. The highest BCUT2D eigenvalue weighted by Crippen LogP contribution is 2.24. The van der Waals surface area contributed by atoms with Crippen LogP contribution in [0.2, 0.25) is 0 Å². The van der Waals surface area contributed by atoms with Gasteiger partial charge in [0.15, 0.2) is 11.6 Å². The maximum Gasteiger partial charge on any atom is 0.387 e. The first-order valence-corrected chi connectivity index (χ1v) is 6.95. The van der Waals surface area contributed by atoms with Gasteiger partial charge >= 0.3 is 6.61 Å². The number of ether oxygens (including phenoxy) is 1. The summed E-state index contributed by atoms with van der Waals surface area (Å²) in [5.41, 5.74) is 13.8. The Labute approximate surface area is 136 Å². The van der Waals surface area contributed by atoms with Gasteiger partial charge in [0, 0.05) is 12.1 Å². The highest BCUT2D eigenvalue weighted by atomic mass is 19.3. The molecule has 2 aromatic rings. The van der Waals surface area contributed by atoms with E-state index in [1.807, 2.05) is 6.92 Å². The number of nitrogens with one attached hydrogen (secondary N) is 1. The largest absolute Gasteiger partial charge is 0.432 e. The van der Waals surface area contributed by atoms with Gasteiger partial charge in [0.05, 0.1) is 11.4 Å². The minimum absolute atomic E-state index is 0.0331. The standard InChI is InChI=1S/C16H16F3N3O2/c1-8-2-4-12(20)14(21)10(8)7-22-15(23)9-3-5-13(11(17)6-9)24-16(18)19/h2-6,16H,7,20-21H2,1H3,(H,22,23). The number of halogens is 3. The zero-order valence-electron chi connectivity index (χ0n) is 12.8. The van der Waals surface area contributed by atoms with Crippen LogP contribution in [-0.2, 0) is 6.54 Å². The molecule has 0 saturated carbocycles. The Balaban J connectivity index is 2.11. The second-order valence-corrected chi connectivity index (χ2v) is 5.07. The summed E-state index contributed by atoms with van der Waals surface area (Å²) in [5, 5.41) is 2.58. The number of carbonyl (C=O) groups is 1. The molecular formula is C16H16F3N3O2. The van der Waals surface area contributed by atoms with Crippen molar-refractivity contribution in [3.63, 3.8) is 0 Å². The quantitative estimate of drug-likeness (QED) is 0.731. The van der Waals surface area contributed by atoms with Crippen molar-refractivity contribution in [3.05, 3.63) is 52.8 Å². The van der Waals surface area contributed by atoms with Crippen LogP contribution in [0.15, 0.2) is 30.3 Å². The Morgan fingerprint density at radius 2 is 1.96 bits per heavy atom. The van der Waals surface area contributed by atoms with E-state index in [1.54, 1.807) is 12.1 Å². The van der Waals surface area contributed by atoms with Crippen LogP contribution in [0.4, 0.5) is 24.5 Å². The van der Waals surface area contributed by atoms with Gasteiger partial charge in [0.1, 0.15) is 0 Å². The summed E-state index contributed by atoms with van der Waals surface area (Å²) in [7, 11) is 0. The first kappa shape index (κ1) is 17.5. The summed E-state index contributed by atoms with van der Waals surface area (Å²) in [6, 6.07) is 6.40. The Morgan fingerprint density at radius 3 is 2.58 bits per heavy atom. The van der Waals surface area contributed by atoms with E-state index < -0.39 is 24.1 Å². The van der Waals surface area contributed by atoms with Crippen LogP contribution in [0.25, 0.3) is 0 Å². The van der Waals surface area contributed by atoms with E-state index in [2.05, 4.69) is 10.1 Å². The molecule has 24 heavy (non-hydrogen) atoms. The van der Waals surface area contributed by atoms with Gasteiger partial charge in [-0.15, -0.1) is 0 Å². The van der Waals surface area contributed by atoms with Crippen molar-refractivity contribution in [3.8, 4) is 5.75 Å². The van der Waals surface area contributed by atoms with E-state index in [1.165, 1.54) is 6.07 Å². The summed E-state index contributed by atoms with van der Waals surface area (Å²) in [5.74, 6) is -2.27. The molecule has 0 atom stereocenters. The van der Waals surface area contributed by atoms with Crippen LogP contribution in [0, 0.1) is 12.7 Å². The predicted octanol–water partition coefficient (Wildman–Crippen LogP) is 2.83. The Bertz CT molecular complexity index is 766. The van der Waals surface area contributed by atoms with Gasteiger partial charge in [0.2, 0.25) is 0 Å². The molecule has 0 heterocycles. The third-order valence-electron chi connectivity index (χ3n) is 3.46. The second-order valence-electron chi connectivity index (χ2n) is 5.07. The molecule has 0 bridgehead atoms. The summed E-state index contributed by atoms with van der Waals surface area (Å²) < 4.78 is 41.8. The Kier molecular flexibility index (Phi) is 5.18. The molecule has 0 aliphatic carbocycles. The molecule has 8 heteroatoms. The van der Waals surface area contributed by atoms with E-state index in [4.69, 9.17) is 11.5 Å². The number of aryl methyl sites for hydroxylation is 1. The number of amides is 1. The molecule has 128 valence electrons. The van der Waals surface area contributed by atoms with E-state index in [0.29, 0.717) is 16.9 Å². The van der Waals surface area contributed by atoms with Crippen molar-refractivity contribution < 1.29 is 22.7 Å². The second kappa shape index (κ2) is 7.12. The van der Waals surface area contributed by atoms with Crippen molar-refractivity contribution in [1.82, 2.24) is 5.32 Å². The Hall–Kier alpha value is -2.90. The number of alkyl halides is 2. The minimum atomic E-state index is -3.14. The number of rotatable bonds is 5. The number of hydrogen-bond donors (Lipinski definition) is 3. The molecule has 2 aromatic carbocycles. The van der Waals surface area contributed by atoms with Gasteiger partial charge < -0.3 is 21.5 Å². The van der Waals surface area contributed by atoms with Crippen LogP contribution in [-0.4, -0.2) is 12.5 Å². The fraction of sp³-hybridized carbons (Fsp3) is 0.188. The molecule has 0 unspecified atom stereocenters. The van der Waals surface area contributed by atoms with Crippen molar-refractivity contribution >= 4 is 17.3 Å². The molecule has 0 radical (unpaired) electrons. The van der Waals surface area contributed by atoms with Gasteiger partial charge in [-0.3, -0.25) is 4.79 Å². The average molecular weight is 339 g/mol. The van der Waals surface area contributed by atoms with Crippen molar-refractivity contribution in [2.45, 2.75) is 20.1 Å². The fourth-order valence-electron chi connectivity index (χ4n) is 2.13. The summed E-state index contributed by atoms with van der Waals surface area (Å²) in [6.45, 7) is -1.24. The van der Waals surface area contributed by atoms with Crippen LogP contribution >= 0.6 is 0 Å². The maximum atomic E-state index is 13.6. The average Bonchev–Trinajstić information content (AvgIpc) is 2.52. The van der Waals surface area contributed by atoms with Crippen LogP contribution in [0.3, 0.4) is 0 Å². The minimum Gasteiger partial charge on any atom is -0.432 e. The molecule has 5 N–H and O–H groups in total. The van der Waals surface area contributed by atoms with Crippen molar-refractivity contribution in [1.29, 1.82) is 0 Å². The first-order valence-electron chi connectivity index (χ1n) is 6.95. The summed E-state index contributed by atoms with van der Waals surface area (Å²) in [4.78, 5) is 12.1. The summed E-state index contributed by atoms with van der Waals surface area (Å²) in [6.07, 6.45) is 0. The molecule has 2 rings (SSSR count). The lowest BCUT2D eigenvalue weighted by Gasteiger charge is -2.13. The van der Waals surface area contributed by atoms with Crippen LogP contribution < -0.4 is 21.5 Å². The zero-order chi connectivity index (χ0) is 17.9. The van der Waals surface area contributed by atoms with E-state index in [9.17, 15) is 18.0 Å². The van der Waals surface area contributed by atoms with Gasteiger partial charge in [0.25, 0.3) is 5.91 Å².